The topological polar surface area (TPSA) is 50.2 Å². The lowest BCUT2D eigenvalue weighted by Gasteiger charge is -2.41. The summed E-state index contributed by atoms with van der Waals surface area (Å²) >= 11 is 0. The van der Waals surface area contributed by atoms with E-state index in [-0.39, 0.29) is 11.3 Å². The number of fused-ring (bicyclic) bond motifs is 1. The summed E-state index contributed by atoms with van der Waals surface area (Å²) in [5, 5.41) is 7.93. The van der Waals surface area contributed by atoms with E-state index in [1.165, 1.54) is 32.1 Å². The molecule has 5 heteroatoms. The minimum absolute atomic E-state index is 0.0526. The number of rotatable bonds is 4. The Morgan fingerprint density at radius 3 is 2.55 bits per heavy atom. The number of benzene rings is 1. The number of carbonyl (C=O) groups excluding carboxylic acids is 1. The first-order valence-electron chi connectivity index (χ1n) is 11.1. The van der Waals surface area contributed by atoms with E-state index >= 15 is 0 Å². The van der Waals surface area contributed by atoms with Gasteiger partial charge in [0.25, 0.3) is 0 Å². The number of nitrogens with one attached hydrogen (secondary N) is 1. The SMILES string of the molecule is CC(C)(C)c1cc(NC(=O)CN2CC[C@H]3CCCC[C@H]3C2)n(-c2ccccc2)n1. The summed E-state index contributed by atoms with van der Waals surface area (Å²) in [5.74, 6) is 2.47. The van der Waals surface area contributed by atoms with Gasteiger partial charge in [-0.3, -0.25) is 9.69 Å². The second-order valence-corrected chi connectivity index (χ2v) is 9.79. The number of carbonyl (C=O) groups is 1. The summed E-state index contributed by atoms with van der Waals surface area (Å²) in [6.45, 7) is 9.01. The number of hydrogen-bond donors (Lipinski definition) is 1. The van der Waals surface area contributed by atoms with Crippen molar-refractivity contribution in [2.45, 2.75) is 58.3 Å². The zero-order valence-electron chi connectivity index (χ0n) is 18.0. The first-order chi connectivity index (χ1) is 13.9. The van der Waals surface area contributed by atoms with Crippen molar-refractivity contribution in [1.82, 2.24) is 14.7 Å². The van der Waals surface area contributed by atoms with Gasteiger partial charge in [0.15, 0.2) is 0 Å². The normalized spacial score (nSPS) is 22.9. The summed E-state index contributed by atoms with van der Waals surface area (Å²) in [6.07, 6.45) is 6.71. The smallest absolute Gasteiger partial charge is 0.239 e. The second-order valence-electron chi connectivity index (χ2n) is 9.79. The fourth-order valence-electron chi connectivity index (χ4n) is 4.81. The quantitative estimate of drug-likeness (QED) is 0.823. The maximum absolute atomic E-state index is 12.9. The van der Waals surface area contributed by atoms with Crippen LogP contribution in [0.4, 0.5) is 5.82 Å². The first-order valence-corrected chi connectivity index (χ1v) is 11.1. The second kappa shape index (κ2) is 8.31. The van der Waals surface area contributed by atoms with Gasteiger partial charge in [-0.2, -0.15) is 5.10 Å². The Balaban J connectivity index is 1.47. The van der Waals surface area contributed by atoms with Gasteiger partial charge in [-0.05, 0) is 43.4 Å². The molecule has 1 aromatic heterocycles. The van der Waals surface area contributed by atoms with Crippen LogP contribution in [0.15, 0.2) is 36.4 Å². The number of likely N-dealkylation sites (tertiary alicyclic amines) is 1. The molecule has 1 aliphatic carbocycles. The fraction of sp³-hybridized carbons (Fsp3) is 0.583. The van der Waals surface area contributed by atoms with Gasteiger partial charge in [0, 0.05) is 18.0 Å². The van der Waals surface area contributed by atoms with Crippen molar-refractivity contribution in [3.05, 3.63) is 42.1 Å². The van der Waals surface area contributed by atoms with Gasteiger partial charge >= 0.3 is 0 Å². The lowest BCUT2D eigenvalue weighted by atomic mass is 9.75. The van der Waals surface area contributed by atoms with Crippen molar-refractivity contribution >= 4 is 11.7 Å². The predicted octanol–water partition coefficient (Wildman–Crippen LogP) is 4.62. The number of piperidine rings is 1. The van der Waals surface area contributed by atoms with Crippen LogP contribution in [0.2, 0.25) is 0 Å². The molecule has 29 heavy (non-hydrogen) atoms. The molecule has 0 bridgehead atoms. The molecule has 1 amide bonds. The van der Waals surface area contributed by atoms with Crippen LogP contribution in [0.25, 0.3) is 5.69 Å². The van der Waals surface area contributed by atoms with E-state index in [0.29, 0.717) is 6.54 Å². The highest BCUT2D eigenvalue weighted by atomic mass is 16.2. The van der Waals surface area contributed by atoms with Crippen LogP contribution in [-0.2, 0) is 10.2 Å². The van der Waals surface area contributed by atoms with Crippen molar-refractivity contribution < 1.29 is 4.79 Å². The fourth-order valence-corrected chi connectivity index (χ4v) is 4.81. The lowest BCUT2D eigenvalue weighted by Crippen LogP contribution is -2.44. The molecule has 1 saturated carbocycles. The third-order valence-electron chi connectivity index (χ3n) is 6.49. The zero-order chi connectivity index (χ0) is 20.4. The molecule has 0 radical (unpaired) electrons. The Morgan fingerprint density at radius 2 is 1.83 bits per heavy atom. The molecule has 2 atom stereocenters. The number of anilines is 1. The monoisotopic (exact) mass is 394 g/mol. The predicted molar refractivity (Wildman–Crippen MR) is 117 cm³/mol. The number of hydrogen-bond acceptors (Lipinski definition) is 3. The van der Waals surface area contributed by atoms with Crippen LogP contribution in [-0.4, -0.2) is 40.2 Å². The Hall–Kier alpha value is -2.14. The van der Waals surface area contributed by atoms with Crippen LogP contribution >= 0.6 is 0 Å². The van der Waals surface area contributed by atoms with Crippen molar-refractivity contribution in [3.8, 4) is 5.69 Å². The molecule has 2 aromatic rings. The molecular formula is C24H34N4O. The van der Waals surface area contributed by atoms with Crippen LogP contribution in [0.1, 0.15) is 58.6 Å². The molecule has 2 heterocycles. The van der Waals surface area contributed by atoms with Crippen molar-refractivity contribution in [2.75, 3.05) is 25.0 Å². The summed E-state index contributed by atoms with van der Waals surface area (Å²) < 4.78 is 1.85. The zero-order valence-corrected chi connectivity index (χ0v) is 18.0. The summed E-state index contributed by atoms with van der Waals surface area (Å²) in [7, 11) is 0. The molecule has 0 spiro atoms. The van der Waals surface area contributed by atoms with Gasteiger partial charge in [-0.1, -0.05) is 58.2 Å². The molecule has 2 fully saturated rings. The van der Waals surface area contributed by atoms with E-state index < -0.39 is 0 Å². The minimum atomic E-state index is -0.0810. The highest BCUT2D eigenvalue weighted by Crippen LogP contribution is 2.36. The molecule has 1 N–H and O–H groups in total. The average Bonchev–Trinajstić information content (AvgIpc) is 3.12. The van der Waals surface area contributed by atoms with Gasteiger partial charge in [0.05, 0.1) is 17.9 Å². The minimum Gasteiger partial charge on any atom is -0.309 e. The largest absolute Gasteiger partial charge is 0.309 e. The highest BCUT2D eigenvalue weighted by Gasteiger charge is 2.31. The van der Waals surface area contributed by atoms with Gasteiger partial charge in [0.1, 0.15) is 5.82 Å². The van der Waals surface area contributed by atoms with E-state index in [4.69, 9.17) is 5.10 Å². The van der Waals surface area contributed by atoms with E-state index in [1.807, 2.05) is 41.1 Å². The number of amides is 1. The van der Waals surface area contributed by atoms with E-state index in [1.54, 1.807) is 0 Å². The molecular weight excluding hydrogens is 360 g/mol. The average molecular weight is 395 g/mol. The highest BCUT2D eigenvalue weighted by molar-refractivity contribution is 5.91. The van der Waals surface area contributed by atoms with Crippen molar-refractivity contribution in [1.29, 1.82) is 0 Å². The molecule has 2 aliphatic rings. The summed E-state index contributed by atoms with van der Waals surface area (Å²) in [5.41, 5.74) is 1.85. The lowest BCUT2D eigenvalue weighted by molar-refractivity contribution is -0.118. The Morgan fingerprint density at radius 1 is 1.10 bits per heavy atom. The molecule has 1 saturated heterocycles. The van der Waals surface area contributed by atoms with Crippen LogP contribution in [0.3, 0.4) is 0 Å². The molecule has 1 aliphatic heterocycles. The van der Waals surface area contributed by atoms with Gasteiger partial charge in [-0.25, -0.2) is 4.68 Å². The Bertz CT molecular complexity index is 836. The van der Waals surface area contributed by atoms with Crippen LogP contribution in [0.5, 0.6) is 0 Å². The third-order valence-corrected chi connectivity index (χ3v) is 6.49. The Labute approximate surface area is 174 Å². The van der Waals surface area contributed by atoms with Gasteiger partial charge < -0.3 is 5.32 Å². The van der Waals surface area contributed by atoms with Crippen molar-refractivity contribution in [3.63, 3.8) is 0 Å². The molecule has 5 nitrogen and oxygen atoms in total. The first kappa shape index (κ1) is 20.1. The summed E-state index contributed by atoms with van der Waals surface area (Å²) in [4.78, 5) is 15.2. The van der Waals surface area contributed by atoms with Crippen LogP contribution < -0.4 is 5.32 Å². The standard InChI is InChI=1S/C24H34N4O/c1-24(2,3)21-15-22(28(26-21)20-11-5-4-6-12-20)25-23(29)17-27-14-13-18-9-7-8-10-19(18)16-27/h4-6,11-12,15,18-19H,7-10,13-14,16-17H2,1-3H3,(H,25,29)/t18-,19+/m1/s1. The van der Waals surface area contributed by atoms with Crippen molar-refractivity contribution in [2.24, 2.45) is 11.8 Å². The Kier molecular flexibility index (Phi) is 5.77. The third kappa shape index (κ3) is 4.72. The van der Waals surface area contributed by atoms with Crippen LogP contribution in [0, 0.1) is 11.8 Å². The van der Waals surface area contributed by atoms with E-state index in [9.17, 15) is 4.79 Å². The summed E-state index contributed by atoms with van der Waals surface area (Å²) in [6, 6.07) is 12.0. The van der Waals surface area contributed by atoms with Gasteiger partial charge in [0.2, 0.25) is 5.91 Å². The number of nitrogens with zero attached hydrogens (tertiary/aromatic N) is 3. The molecule has 0 unspecified atom stereocenters. The van der Waals surface area contributed by atoms with Gasteiger partial charge in [-0.15, -0.1) is 0 Å². The molecule has 1 aromatic carbocycles. The maximum Gasteiger partial charge on any atom is 0.239 e. The molecule has 156 valence electrons. The number of aromatic nitrogens is 2. The van der Waals surface area contributed by atoms with E-state index in [2.05, 4.69) is 31.0 Å². The van der Waals surface area contributed by atoms with E-state index in [0.717, 1.165) is 42.1 Å². The molecule has 4 rings (SSSR count). The number of para-hydroxylation sites is 1. The maximum atomic E-state index is 12.9.